The number of halogens is 1. The molecule has 0 amide bonds. The van der Waals surface area contributed by atoms with Crippen LogP contribution in [0.2, 0.25) is 0 Å². The third-order valence-corrected chi connectivity index (χ3v) is 4.89. The first-order valence-corrected chi connectivity index (χ1v) is 8.84. The zero-order chi connectivity index (χ0) is 16.1. The molecule has 0 atom stereocenters. The zero-order valence-corrected chi connectivity index (χ0v) is 15.0. The van der Waals surface area contributed by atoms with E-state index in [4.69, 9.17) is 9.73 Å². The maximum atomic E-state index is 5.26. The molecule has 0 N–H and O–H groups in total. The van der Waals surface area contributed by atoms with Crippen molar-refractivity contribution in [3.05, 3.63) is 63.4 Å². The summed E-state index contributed by atoms with van der Waals surface area (Å²) in [6, 6.07) is 12.0. The minimum Gasteiger partial charge on any atom is -0.383 e. The van der Waals surface area contributed by atoms with E-state index < -0.39 is 0 Å². The summed E-state index contributed by atoms with van der Waals surface area (Å²) in [6.45, 7) is 1.38. The highest BCUT2D eigenvalue weighted by molar-refractivity contribution is 9.10. The molecule has 3 rings (SSSR count). The van der Waals surface area contributed by atoms with Crippen LogP contribution in [0.1, 0.15) is 0 Å². The molecule has 23 heavy (non-hydrogen) atoms. The first kappa shape index (κ1) is 16.1. The number of thiazole rings is 1. The van der Waals surface area contributed by atoms with E-state index in [0.717, 1.165) is 32.8 Å². The number of nitrogens with zero attached hydrogens (tertiary/aromatic N) is 3. The smallest absolute Gasteiger partial charge is 0.190 e. The normalized spacial score (nSPS) is 11.8. The van der Waals surface area contributed by atoms with Crippen LogP contribution in [0.4, 0.5) is 5.69 Å². The summed E-state index contributed by atoms with van der Waals surface area (Å²) >= 11 is 5.25. The van der Waals surface area contributed by atoms with E-state index >= 15 is 0 Å². The van der Waals surface area contributed by atoms with Crippen molar-refractivity contribution < 1.29 is 4.74 Å². The van der Waals surface area contributed by atoms with Gasteiger partial charge in [-0.05, 0) is 18.2 Å². The molecule has 0 bridgehead atoms. The molecule has 0 unspecified atom stereocenters. The van der Waals surface area contributed by atoms with E-state index in [2.05, 4.69) is 36.9 Å². The molecule has 4 nitrogen and oxygen atoms in total. The van der Waals surface area contributed by atoms with Gasteiger partial charge in [0.15, 0.2) is 4.80 Å². The molecule has 2 aromatic heterocycles. The Balaban J connectivity index is 2.12. The molecule has 0 saturated heterocycles. The predicted molar refractivity (Wildman–Crippen MR) is 96.8 cm³/mol. The van der Waals surface area contributed by atoms with Crippen LogP contribution < -0.4 is 4.80 Å². The largest absolute Gasteiger partial charge is 0.383 e. The third-order valence-electron chi connectivity index (χ3n) is 3.34. The van der Waals surface area contributed by atoms with Gasteiger partial charge in [0.2, 0.25) is 0 Å². The van der Waals surface area contributed by atoms with Crippen molar-refractivity contribution in [3.8, 4) is 11.3 Å². The average Bonchev–Trinajstić information content (AvgIpc) is 2.97. The molecule has 0 spiro atoms. The van der Waals surface area contributed by atoms with E-state index in [-0.39, 0.29) is 0 Å². The van der Waals surface area contributed by atoms with Crippen molar-refractivity contribution in [1.82, 2.24) is 9.55 Å². The second-order valence-corrected chi connectivity index (χ2v) is 6.54. The van der Waals surface area contributed by atoms with Gasteiger partial charge >= 0.3 is 0 Å². The van der Waals surface area contributed by atoms with Crippen LogP contribution >= 0.6 is 27.3 Å². The Morgan fingerprint density at radius 3 is 2.87 bits per heavy atom. The highest BCUT2D eigenvalue weighted by atomic mass is 79.9. The molecule has 0 fully saturated rings. The maximum Gasteiger partial charge on any atom is 0.190 e. The third kappa shape index (κ3) is 3.77. The number of benzene rings is 1. The number of methoxy groups -OCH3 is 1. The van der Waals surface area contributed by atoms with Gasteiger partial charge in [-0.3, -0.25) is 4.98 Å². The summed E-state index contributed by atoms with van der Waals surface area (Å²) in [5.41, 5.74) is 3.12. The lowest BCUT2D eigenvalue weighted by Crippen LogP contribution is -2.18. The second-order valence-electron chi connectivity index (χ2n) is 4.85. The van der Waals surface area contributed by atoms with Crippen LogP contribution in [0.3, 0.4) is 0 Å². The van der Waals surface area contributed by atoms with E-state index in [1.807, 2.05) is 30.3 Å². The van der Waals surface area contributed by atoms with E-state index in [1.165, 1.54) is 0 Å². The molecule has 0 saturated carbocycles. The number of hydrogen-bond donors (Lipinski definition) is 0. The summed E-state index contributed by atoms with van der Waals surface area (Å²) in [6.07, 6.45) is 3.51. The van der Waals surface area contributed by atoms with E-state index in [9.17, 15) is 0 Å². The number of aromatic nitrogens is 2. The lowest BCUT2D eigenvalue weighted by molar-refractivity contribution is 0.187. The standard InChI is InChI=1S/C17H16BrN3OS/c1-22-10-9-21-16(14-6-2-3-7-15(14)18)12-23-17(21)20-13-5-4-8-19-11-13/h2-8,11-12H,9-10H2,1H3. The topological polar surface area (TPSA) is 39.4 Å². The molecular weight excluding hydrogens is 374 g/mol. The minimum absolute atomic E-state index is 0.633. The van der Waals surface area contributed by atoms with Gasteiger partial charge < -0.3 is 9.30 Å². The quantitative estimate of drug-likeness (QED) is 0.653. The Hall–Kier alpha value is -1.76. The van der Waals surface area contributed by atoms with Gasteiger partial charge in [-0.1, -0.05) is 34.1 Å². The van der Waals surface area contributed by atoms with Gasteiger partial charge in [-0.2, -0.15) is 0 Å². The Morgan fingerprint density at radius 1 is 1.26 bits per heavy atom. The highest BCUT2D eigenvalue weighted by Gasteiger charge is 2.10. The lowest BCUT2D eigenvalue weighted by Gasteiger charge is -2.10. The zero-order valence-electron chi connectivity index (χ0n) is 12.6. The van der Waals surface area contributed by atoms with Gasteiger partial charge in [0, 0.05) is 35.3 Å². The molecule has 0 aliphatic heterocycles. The highest BCUT2D eigenvalue weighted by Crippen LogP contribution is 2.28. The summed E-state index contributed by atoms with van der Waals surface area (Å²) in [5, 5.41) is 2.13. The molecule has 2 heterocycles. The van der Waals surface area contributed by atoms with Crippen molar-refractivity contribution in [3.63, 3.8) is 0 Å². The maximum absolute atomic E-state index is 5.26. The summed E-state index contributed by atoms with van der Waals surface area (Å²) in [4.78, 5) is 9.77. The molecule has 3 aromatic rings. The van der Waals surface area contributed by atoms with Crippen LogP contribution in [0.25, 0.3) is 11.3 Å². The van der Waals surface area contributed by atoms with Crippen LogP contribution in [0.5, 0.6) is 0 Å². The SMILES string of the molecule is COCCn1c(-c2ccccc2Br)csc1=Nc1cccnc1. The molecule has 1 aromatic carbocycles. The Bertz CT molecular complexity index is 842. The second kappa shape index (κ2) is 7.68. The van der Waals surface area contributed by atoms with Gasteiger partial charge in [0.05, 0.1) is 24.2 Å². The van der Waals surface area contributed by atoms with Gasteiger partial charge in [0.25, 0.3) is 0 Å². The van der Waals surface area contributed by atoms with E-state index in [1.54, 1.807) is 30.8 Å². The molecule has 6 heteroatoms. The van der Waals surface area contributed by atoms with Gasteiger partial charge in [0.1, 0.15) is 0 Å². The summed E-state index contributed by atoms with van der Waals surface area (Å²) in [5.74, 6) is 0. The van der Waals surface area contributed by atoms with Crippen molar-refractivity contribution in [1.29, 1.82) is 0 Å². The first-order valence-electron chi connectivity index (χ1n) is 7.16. The number of ether oxygens (including phenoxy) is 1. The van der Waals surface area contributed by atoms with E-state index in [0.29, 0.717) is 6.61 Å². The summed E-state index contributed by atoms with van der Waals surface area (Å²) < 4.78 is 8.51. The predicted octanol–water partition coefficient (Wildman–Crippen LogP) is 4.25. The minimum atomic E-state index is 0.633. The van der Waals surface area contributed by atoms with Crippen molar-refractivity contribution in [2.75, 3.05) is 13.7 Å². The molecule has 118 valence electrons. The first-order chi connectivity index (χ1) is 11.3. The fourth-order valence-electron chi connectivity index (χ4n) is 2.23. The number of hydrogen-bond acceptors (Lipinski definition) is 4. The van der Waals surface area contributed by atoms with Crippen LogP contribution in [-0.2, 0) is 11.3 Å². The number of pyridine rings is 1. The lowest BCUT2D eigenvalue weighted by atomic mass is 10.2. The molecule has 0 radical (unpaired) electrons. The van der Waals surface area contributed by atoms with Crippen LogP contribution in [0.15, 0.2) is 63.6 Å². The van der Waals surface area contributed by atoms with Gasteiger partial charge in [-0.25, -0.2) is 4.99 Å². The fraction of sp³-hybridized carbons (Fsp3) is 0.176. The fourth-order valence-corrected chi connectivity index (χ4v) is 3.67. The van der Waals surface area contributed by atoms with Crippen molar-refractivity contribution in [2.45, 2.75) is 6.54 Å². The summed E-state index contributed by atoms with van der Waals surface area (Å²) in [7, 11) is 1.71. The van der Waals surface area contributed by atoms with Crippen molar-refractivity contribution >= 4 is 33.0 Å². The molecule has 0 aliphatic rings. The Kier molecular flexibility index (Phi) is 5.38. The van der Waals surface area contributed by atoms with Crippen LogP contribution in [-0.4, -0.2) is 23.3 Å². The molecular formula is C17H16BrN3OS. The molecule has 0 aliphatic carbocycles. The number of rotatable bonds is 5. The monoisotopic (exact) mass is 389 g/mol. The van der Waals surface area contributed by atoms with Crippen LogP contribution in [0, 0.1) is 0 Å². The Morgan fingerprint density at radius 2 is 2.13 bits per heavy atom. The Labute approximate surface area is 147 Å². The van der Waals surface area contributed by atoms with Gasteiger partial charge in [-0.15, -0.1) is 11.3 Å². The average molecular weight is 390 g/mol. The van der Waals surface area contributed by atoms with Crippen molar-refractivity contribution in [2.24, 2.45) is 4.99 Å².